The summed E-state index contributed by atoms with van der Waals surface area (Å²) in [6.07, 6.45) is 7.01. The predicted octanol–water partition coefficient (Wildman–Crippen LogP) is 1.58. The second kappa shape index (κ2) is 10.7. The summed E-state index contributed by atoms with van der Waals surface area (Å²) in [7, 11) is 1.63. The average Bonchev–Trinajstić information content (AvgIpc) is 2.47. The molecule has 0 aliphatic rings. The molecule has 1 aromatic rings. The van der Waals surface area contributed by atoms with Crippen LogP contribution in [0.25, 0.3) is 0 Å². The second-order valence-corrected chi connectivity index (χ2v) is 3.87. The molecule has 0 atom stereocenters. The van der Waals surface area contributed by atoms with Crippen molar-refractivity contribution in [2.75, 3.05) is 25.5 Å². The van der Waals surface area contributed by atoms with E-state index < -0.39 is 0 Å². The summed E-state index contributed by atoms with van der Waals surface area (Å²) >= 11 is 0. The van der Waals surface area contributed by atoms with Gasteiger partial charge in [-0.3, -0.25) is 9.79 Å². The Balaban J connectivity index is 0.00000400. The van der Waals surface area contributed by atoms with Gasteiger partial charge in [0.05, 0.1) is 6.54 Å². The molecule has 0 aliphatic carbocycles. The van der Waals surface area contributed by atoms with Crippen molar-refractivity contribution in [3.63, 3.8) is 0 Å². The van der Waals surface area contributed by atoms with E-state index >= 15 is 0 Å². The van der Waals surface area contributed by atoms with Crippen LogP contribution in [0.2, 0.25) is 0 Å². The minimum Gasteiger partial charge on any atom is -0.353 e. The SMILES string of the molecule is C#Cc1cccc(NC(=O)CNC(=NC)NCC=C)c1.I. The van der Waals surface area contributed by atoms with E-state index in [9.17, 15) is 4.79 Å². The third kappa shape index (κ3) is 7.37. The van der Waals surface area contributed by atoms with Crippen LogP contribution in [-0.2, 0) is 4.79 Å². The molecule has 0 heterocycles. The second-order valence-electron chi connectivity index (χ2n) is 3.87. The largest absolute Gasteiger partial charge is 0.353 e. The van der Waals surface area contributed by atoms with E-state index in [1.807, 2.05) is 0 Å². The van der Waals surface area contributed by atoms with Gasteiger partial charge in [-0.15, -0.1) is 37.0 Å². The molecule has 0 aliphatic heterocycles. The monoisotopic (exact) mass is 398 g/mol. The number of halogens is 1. The van der Waals surface area contributed by atoms with E-state index in [2.05, 4.69) is 33.4 Å². The molecule has 0 unspecified atom stereocenters. The molecule has 1 aromatic carbocycles. The Hall–Kier alpha value is -2.01. The number of anilines is 1. The van der Waals surface area contributed by atoms with Crippen LogP contribution in [0.1, 0.15) is 5.56 Å². The highest BCUT2D eigenvalue weighted by molar-refractivity contribution is 14.0. The summed E-state index contributed by atoms with van der Waals surface area (Å²) < 4.78 is 0. The summed E-state index contributed by atoms with van der Waals surface area (Å²) in [6.45, 7) is 4.28. The summed E-state index contributed by atoms with van der Waals surface area (Å²) in [6, 6.07) is 7.12. The van der Waals surface area contributed by atoms with Gasteiger partial charge in [0.25, 0.3) is 0 Å². The number of benzene rings is 1. The van der Waals surface area contributed by atoms with Gasteiger partial charge in [-0.1, -0.05) is 18.1 Å². The van der Waals surface area contributed by atoms with E-state index in [0.29, 0.717) is 18.2 Å². The Labute approximate surface area is 142 Å². The van der Waals surface area contributed by atoms with Crippen LogP contribution < -0.4 is 16.0 Å². The number of rotatable bonds is 5. The highest BCUT2D eigenvalue weighted by Gasteiger charge is 2.04. The maximum Gasteiger partial charge on any atom is 0.243 e. The zero-order valence-corrected chi connectivity index (χ0v) is 14.2. The van der Waals surface area contributed by atoms with Gasteiger partial charge in [0.1, 0.15) is 0 Å². The van der Waals surface area contributed by atoms with E-state index in [0.717, 1.165) is 5.56 Å². The molecule has 6 heteroatoms. The molecule has 0 saturated carbocycles. The zero-order chi connectivity index (χ0) is 14.8. The summed E-state index contributed by atoms with van der Waals surface area (Å²) in [5.74, 6) is 2.88. The Morgan fingerprint density at radius 3 is 2.86 bits per heavy atom. The lowest BCUT2D eigenvalue weighted by Gasteiger charge is -2.10. The van der Waals surface area contributed by atoms with Crippen molar-refractivity contribution in [3.8, 4) is 12.3 Å². The van der Waals surface area contributed by atoms with E-state index in [1.54, 1.807) is 37.4 Å². The van der Waals surface area contributed by atoms with Crippen molar-refractivity contribution in [2.24, 2.45) is 4.99 Å². The minimum absolute atomic E-state index is 0. The standard InChI is InChI=1S/C15H18N4O.HI/c1-4-9-17-15(16-3)18-11-14(20)19-13-8-6-7-12(5-2)10-13;/h2,4,6-8,10H,1,9,11H2,3H3,(H,19,20)(H2,16,17,18);1H. The van der Waals surface area contributed by atoms with Crippen molar-refractivity contribution in [3.05, 3.63) is 42.5 Å². The fourth-order valence-electron chi connectivity index (χ4n) is 1.45. The summed E-state index contributed by atoms with van der Waals surface area (Å²) in [5, 5.41) is 8.61. The third-order valence-electron chi connectivity index (χ3n) is 2.37. The number of aliphatic imine (C=N–C) groups is 1. The van der Waals surface area contributed by atoms with E-state index in [1.165, 1.54) is 0 Å². The number of amides is 1. The molecule has 21 heavy (non-hydrogen) atoms. The molecule has 5 nitrogen and oxygen atoms in total. The van der Waals surface area contributed by atoms with Crippen molar-refractivity contribution in [2.45, 2.75) is 0 Å². The van der Waals surface area contributed by atoms with E-state index in [4.69, 9.17) is 6.42 Å². The van der Waals surface area contributed by atoms with Crippen LogP contribution in [0, 0.1) is 12.3 Å². The zero-order valence-electron chi connectivity index (χ0n) is 11.8. The lowest BCUT2D eigenvalue weighted by atomic mass is 10.2. The molecule has 0 fully saturated rings. The molecule has 0 saturated heterocycles. The van der Waals surface area contributed by atoms with Gasteiger partial charge >= 0.3 is 0 Å². The molecule has 0 bridgehead atoms. The fourth-order valence-corrected chi connectivity index (χ4v) is 1.45. The third-order valence-corrected chi connectivity index (χ3v) is 2.37. The van der Waals surface area contributed by atoms with Gasteiger partial charge in [0, 0.05) is 24.8 Å². The first-order valence-corrected chi connectivity index (χ1v) is 6.11. The topological polar surface area (TPSA) is 65.5 Å². The molecule has 112 valence electrons. The number of terminal acetylenes is 1. The van der Waals surface area contributed by atoms with Crippen LogP contribution in [-0.4, -0.2) is 32.0 Å². The van der Waals surface area contributed by atoms with Gasteiger partial charge < -0.3 is 16.0 Å². The fraction of sp³-hybridized carbons (Fsp3) is 0.200. The number of carbonyl (C=O) groups is 1. The van der Waals surface area contributed by atoms with Gasteiger partial charge in [0.15, 0.2) is 5.96 Å². The lowest BCUT2D eigenvalue weighted by Crippen LogP contribution is -2.41. The van der Waals surface area contributed by atoms with E-state index in [-0.39, 0.29) is 36.4 Å². The Morgan fingerprint density at radius 2 is 2.24 bits per heavy atom. The quantitative estimate of drug-likeness (QED) is 0.232. The van der Waals surface area contributed by atoms with Crippen LogP contribution in [0.5, 0.6) is 0 Å². The van der Waals surface area contributed by atoms with Crippen molar-refractivity contribution < 1.29 is 4.79 Å². The highest BCUT2D eigenvalue weighted by Crippen LogP contribution is 2.09. The maximum absolute atomic E-state index is 11.8. The first-order valence-electron chi connectivity index (χ1n) is 6.11. The Bertz CT molecular complexity index is 549. The summed E-state index contributed by atoms with van der Waals surface area (Å²) in [4.78, 5) is 15.8. The first kappa shape index (κ1) is 19.0. The van der Waals surface area contributed by atoms with Crippen molar-refractivity contribution in [1.29, 1.82) is 0 Å². The van der Waals surface area contributed by atoms with Crippen LogP contribution in [0.3, 0.4) is 0 Å². The Morgan fingerprint density at radius 1 is 1.48 bits per heavy atom. The van der Waals surface area contributed by atoms with Crippen molar-refractivity contribution in [1.82, 2.24) is 10.6 Å². The minimum atomic E-state index is -0.180. The van der Waals surface area contributed by atoms with Gasteiger partial charge in [-0.2, -0.15) is 0 Å². The highest BCUT2D eigenvalue weighted by atomic mass is 127. The normalized spacial score (nSPS) is 9.81. The van der Waals surface area contributed by atoms with Gasteiger partial charge in [-0.05, 0) is 18.2 Å². The molecule has 0 spiro atoms. The van der Waals surface area contributed by atoms with Crippen LogP contribution in [0.4, 0.5) is 5.69 Å². The summed E-state index contributed by atoms with van der Waals surface area (Å²) in [5.41, 5.74) is 1.39. The molecule has 3 N–H and O–H groups in total. The van der Waals surface area contributed by atoms with Crippen LogP contribution in [0.15, 0.2) is 41.9 Å². The van der Waals surface area contributed by atoms with Crippen molar-refractivity contribution >= 4 is 41.5 Å². The number of hydrogen-bond donors (Lipinski definition) is 3. The maximum atomic E-state index is 11.8. The molecular weight excluding hydrogens is 379 g/mol. The first-order chi connectivity index (χ1) is 9.69. The number of carbonyl (C=O) groups excluding carboxylic acids is 1. The molecule has 1 rings (SSSR count). The smallest absolute Gasteiger partial charge is 0.243 e. The average molecular weight is 398 g/mol. The van der Waals surface area contributed by atoms with Gasteiger partial charge in [0.2, 0.25) is 5.91 Å². The molecule has 0 aromatic heterocycles. The molecule has 0 radical (unpaired) electrons. The number of guanidine groups is 1. The number of nitrogens with zero attached hydrogens (tertiary/aromatic N) is 1. The van der Waals surface area contributed by atoms with Crippen LogP contribution >= 0.6 is 24.0 Å². The molecule has 1 amide bonds. The van der Waals surface area contributed by atoms with Gasteiger partial charge in [-0.25, -0.2) is 0 Å². The number of hydrogen-bond acceptors (Lipinski definition) is 2. The lowest BCUT2D eigenvalue weighted by molar-refractivity contribution is -0.115. The molecular formula is C15H19IN4O. The predicted molar refractivity (Wildman–Crippen MR) is 98.0 cm³/mol. The number of nitrogens with one attached hydrogen (secondary N) is 3. The Kier molecular flexibility index (Phi) is 9.71.